The highest BCUT2D eigenvalue weighted by atomic mass is 19.4. The molecule has 1 aliphatic rings. The molecule has 19 heavy (non-hydrogen) atoms. The van der Waals surface area contributed by atoms with Crippen LogP contribution in [0, 0.1) is 0 Å². The van der Waals surface area contributed by atoms with Crippen LogP contribution in [-0.2, 0) is 11.0 Å². The van der Waals surface area contributed by atoms with E-state index in [-0.39, 0.29) is 24.1 Å². The zero-order valence-corrected chi connectivity index (χ0v) is 9.87. The first-order valence-electron chi connectivity index (χ1n) is 5.59. The smallest absolute Gasteiger partial charge is 0.384 e. The van der Waals surface area contributed by atoms with Crippen LogP contribution in [0.2, 0.25) is 0 Å². The van der Waals surface area contributed by atoms with Crippen LogP contribution in [0.25, 0.3) is 0 Å². The molecule has 0 atom stereocenters. The predicted octanol–water partition coefficient (Wildman–Crippen LogP) is 0.404. The highest BCUT2D eigenvalue weighted by Gasteiger charge is 2.35. The van der Waals surface area contributed by atoms with Gasteiger partial charge in [-0.15, -0.1) is 0 Å². The van der Waals surface area contributed by atoms with Crippen LogP contribution in [0.5, 0.6) is 0 Å². The van der Waals surface area contributed by atoms with E-state index in [1.165, 1.54) is 11.0 Å². The van der Waals surface area contributed by atoms with E-state index < -0.39 is 12.0 Å². The van der Waals surface area contributed by atoms with Crippen molar-refractivity contribution >= 4 is 17.5 Å². The lowest BCUT2D eigenvalue weighted by Crippen LogP contribution is -2.34. The summed E-state index contributed by atoms with van der Waals surface area (Å²) in [5, 5.41) is 2.63. The maximum absolute atomic E-state index is 12.6. The molecule has 1 aliphatic heterocycles. The second-order valence-electron chi connectivity index (χ2n) is 4.10. The van der Waals surface area contributed by atoms with Crippen molar-refractivity contribution in [2.24, 2.45) is 0 Å². The summed E-state index contributed by atoms with van der Waals surface area (Å²) in [4.78, 5) is 19.4. The highest BCUT2D eigenvalue weighted by molar-refractivity contribution is 5.81. The largest absolute Gasteiger partial charge is 0.451 e. The van der Waals surface area contributed by atoms with Gasteiger partial charge in [-0.25, -0.2) is 9.97 Å². The Morgan fingerprint density at radius 3 is 2.79 bits per heavy atom. The number of carbonyl (C=O) groups is 1. The standard InChI is InChI=1S/C10H12F3N5O/c11-10(12,13)9-16-6(14)4-7(17-9)18-3-1-2-15-8(19)5-18/h4H,1-3,5H2,(H,15,19)(H2,14,16,17). The Balaban J connectivity index is 2.33. The Morgan fingerprint density at radius 2 is 2.11 bits per heavy atom. The fourth-order valence-electron chi connectivity index (χ4n) is 1.74. The summed E-state index contributed by atoms with van der Waals surface area (Å²) in [5.41, 5.74) is 5.36. The summed E-state index contributed by atoms with van der Waals surface area (Å²) < 4.78 is 37.8. The lowest BCUT2D eigenvalue weighted by molar-refractivity contribution is -0.144. The SMILES string of the molecule is Nc1cc(N2CCCNC(=O)C2)nc(C(F)(F)F)n1. The van der Waals surface area contributed by atoms with Gasteiger partial charge in [-0.2, -0.15) is 13.2 Å². The second kappa shape index (κ2) is 4.90. The molecule has 1 fully saturated rings. The Bertz CT molecular complexity index is 491. The van der Waals surface area contributed by atoms with Gasteiger partial charge in [-0.05, 0) is 6.42 Å². The molecular weight excluding hydrogens is 263 g/mol. The molecule has 9 heteroatoms. The quantitative estimate of drug-likeness (QED) is 0.775. The molecule has 1 saturated heterocycles. The van der Waals surface area contributed by atoms with Gasteiger partial charge < -0.3 is 16.0 Å². The average molecular weight is 275 g/mol. The van der Waals surface area contributed by atoms with E-state index in [9.17, 15) is 18.0 Å². The van der Waals surface area contributed by atoms with Crippen LogP contribution in [0.15, 0.2) is 6.07 Å². The van der Waals surface area contributed by atoms with Gasteiger partial charge >= 0.3 is 6.18 Å². The predicted molar refractivity (Wildman–Crippen MR) is 61.3 cm³/mol. The van der Waals surface area contributed by atoms with E-state index in [1.807, 2.05) is 0 Å². The molecule has 0 aliphatic carbocycles. The minimum atomic E-state index is -4.67. The van der Waals surface area contributed by atoms with Crippen LogP contribution < -0.4 is 16.0 Å². The van der Waals surface area contributed by atoms with Crippen LogP contribution in [-0.4, -0.2) is 35.5 Å². The van der Waals surface area contributed by atoms with Gasteiger partial charge in [-0.1, -0.05) is 0 Å². The first-order chi connectivity index (χ1) is 8.86. The van der Waals surface area contributed by atoms with Crippen molar-refractivity contribution in [1.82, 2.24) is 15.3 Å². The van der Waals surface area contributed by atoms with E-state index in [0.29, 0.717) is 19.5 Å². The number of nitrogens with two attached hydrogens (primary N) is 1. The van der Waals surface area contributed by atoms with Crippen molar-refractivity contribution in [2.45, 2.75) is 12.6 Å². The topological polar surface area (TPSA) is 84.1 Å². The molecule has 0 spiro atoms. The Morgan fingerprint density at radius 1 is 1.37 bits per heavy atom. The first-order valence-corrected chi connectivity index (χ1v) is 5.59. The Hall–Kier alpha value is -2.06. The zero-order chi connectivity index (χ0) is 14.0. The fraction of sp³-hybridized carbons (Fsp3) is 0.500. The molecule has 0 aromatic carbocycles. The minimum Gasteiger partial charge on any atom is -0.384 e. The van der Waals surface area contributed by atoms with Crippen LogP contribution in [0.3, 0.4) is 0 Å². The Kier molecular flexibility index (Phi) is 3.45. The van der Waals surface area contributed by atoms with E-state index >= 15 is 0 Å². The third-order valence-electron chi connectivity index (χ3n) is 2.57. The van der Waals surface area contributed by atoms with Gasteiger partial charge in [0.15, 0.2) is 0 Å². The van der Waals surface area contributed by atoms with Crippen molar-refractivity contribution < 1.29 is 18.0 Å². The minimum absolute atomic E-state index is 0.0110. The van der Waals surface area contributed by atoms with Gasteiger partial charge in [0.2, 0.25) is 11.7 Å². The van der Waals surface area contributed by atoms with E-state index in [4.69, 9.17) is 5.73 Å². The molecule has 0 radical (unpaired) electrons. The number of hydrogen-bond acceptors (Lipinski definition) is 5. The van der Waals surface area contributed by atoms with Gasteiger partial charge in [0.05, 0.1) is 6.54 Å². The summed E-state index contributed by atoms with van der Waals surface area (Å²) in [6.07, 6.45) is -4.05. The van der Waals surface area contributed by atoms with Gasteiger partial charge in [-0.3, -0.25) is 4.79 Å². The van der Waals surface area contributed by atoms with Crippen molar-refractivity contribution in [3.63, 3.8) is 0 Å². The summed E-state index contributed by atoms with van der Waals surface area (Å²) in [6, 6.07) is 1.23. The molecule has 2 heterocycles. The third-order valence-corrected chi connectivity index (χ3v) is 2.57. The van der Waals surface area contributed by atoms with Crippen molar-refractivity contribution in [2.75, 3.05) is 30.3 Å². The van der Waals surface area contributed by atoms with E-state index in [1.54, 1.807) is 0 Å². The lowest BCUT2D eigenvalue weighted by Gasteiger charge is -2.21. The number of nitrogens with one attached hydrogen (secondary N) is 1. The maximum atomic E-state index is 12.6. The van der Waals surface area contributed by atoms with Gasteiger partial charge in [0.1, 0.15) is 11.6 Å². The lowest BCUT2D eigenvalue weighted by atomic mass is 10.3. The van der Waals surface area contributed by atoms with Gasteiger partial charge in [0, 0.05) is 19.2 Å². The monoisotopic (exact) mass is 275 g/mol. The van der Waals surface area contributed by atoms with Gasteiger partial charge in [0.25, 0.3) is 0 Å². The van der Waals surface area contributed by atoms with E-state index in [2.05, 4.69) is 15.3 Å². The number of hydrogen-bond donors (Lipinski definition) is 2. The molecule has 2 rings (SSSR count). The summed E-state index contributed by atoms with van der Waals surface area (Å²) in [7, 11) is 0. The van der Waals surface area contributed by atoms with Crippen LogP contribution >= 0.6 is 0 Å². The summed E-state index contributed by atoms with van der Waals surface area (Å²) >= 11 is 0. The fourth-order valence-corrected chi connectivity index (χ4v) is 1.74. The molecule has 1 aromatic heterocycles. The maximum Gasteiger partial charge on any atom is 0.451 e. The van der Waals surface area contributed by atoms with Crippen LogP contribution in [0.1, 0.15) is 12.2 Å². The highest BCUT2D eigenvalue weighted by Crippen LogP contribution is 2.28. The first kappa shape index (κ1) is 13.4. The van der Waals surface area contributed by atoms with Crippen LogP contribution in [0.4, 0.5) is 24.8 Å². The van der Waals surface area contributed by atoms with E-state index in [0.717, 1.165) is 0 Å². The normalized spacial score (nSPS) is 17.0. The zero-order valence-electron chi connectivity index (χ0n) is 9.87. The number of nitrogens with zero attached hydrogens (tertiary/aromatic N) is 3. The Labute approximate surface area is 106 Å². The molecular formula is C10H12F3N5O. The molecule has 1 amide bonds. The summed E-state index contributed by atoms with van der Waals surface area (Å²) in [6.45, 7) is 0.863. The molecule has 0 unspecified atom stereocenters. The molecule has 6 nitrogen and oxygen atoms in total. The number of anilines is 2. The number of halogens is 3. The number of rotatable bonds is 1. The number of aromatic nitrogens is 2. The second-order valence-corrected chi connectivity index (χ2v) is 4.10. The van der Waals surface area contributed by atoms with Crippen molar-refractivity contribution in [1.29, 1.82) is 0 Å². The third kappa shape index (κ3) is 3.24. The number of amides is 1. The molecule has 0 saturated carbocycles. The molecule has 0 bridgehead atoms. The van der Waals surface area contributed by atoms with Crippen molar-refractivity contribution in [3.8, 4) is 0 Å². The molecule has 1 aromatic rings. The summed E-state index contributed by atoms with van der Waals surface area (Å²) in [5.74, 6) is -1.82. The molecule has 104 valence electrons. The number of alkyl halides is 3. The number of nitrogen functional groups attached to an aromatic ring is 1. The molecule has 3 N–H and O–H groups in total. The van der Waals surface area contributed by atoms with Crippen molar-refractivity contribution in [3.05, 3.63) is 11.9 Å². The average Bonchev–Trinajstić information content (AvgIpc) is 2.52. The number of carbonyl (C=O) groups excluding carboxylic acids is 1.